The maximum absolute atomic E-state index is 12.9. The highest BCUT2D eigenvalue weighted by molar-refractivity contribution is 6.04. The fourth-order valence-electron chi connectivity index (χ4n) is 3.05. The van der Waals surface area contributed by atoms with E-state index in [0.717, 1.165) is 0 Å². The average molecular weight is 368 g/mol. The number of amides is 2. The van der Waals surface area contributed by atoms with Gasteiger partial charge in [-0.05, 0) is 31.2 Å². The molecule has 2 aromatic rings. The molecule has 0 radical (unpaired) electrons. The normalized spacial score (nSPS) is 16.0. The molecule has 1 heterocycles. The number of fused-ring (bicyclic) bond motifs is 1. The summed E-state index contributed by atoms with van der Waals surface area (Å²) in [6.07, 6.45) is 0.180. The number of ether oxygens (including phenoxy) is 2. The Labute approximate surface area is 156 Å². The molecule has 1 atom stereocenters. The largest absolute Gasteiger partial charge is 0.483 e. The number of para-hydroxylation sites is 3. The highest BCUT2D eigenvalue weighted by Gasteiger charge is 2.30. The van der Waals surface area contributed by atoms with Crippen molar-refractivity contribution in [2.24, 2.45) is 0 Å². The molecular formula is C20H20N2O5. The summed E-state index contributed by atoms with van der Waals surface area (Å²) in [7, 11) is 1.28. The molecule has 2 aromatic carbocycles. The van der Waals surface area contributed by atoms with E-state index in [1.807, 2.05) is 6.92 Å². The number of nitrogens with zero attached hydrogens (tertiary/aromatic N) is 1. The van der Waals surface area contributed by atoms with Crippen LogP contribution < -0.4 is 15.0 Å². The summed E-state index contributed by atoms with van der Waals surface area (Å²) in [6, 6.07) is 13.3. The molecule has 7 nitrogen and oxygen atoms in total. The summed E-state index contributed by atoms with van der Waals surface area (Å²) in [5, 5.41) is 2.81. The number of carbonyl (C=O) groups excluding carboxylic acids is 3. The van der Waals surface area contributed by atoms with Gasteiger partial charge in [0.25, 0.3) is 5.91 Å². The first kappa shape index (κ1) is 18.4. The number of esters is 1. The second-order valence-electron chi connectivity index (χ2n) is 6.16. The lowest BCUT2D eigenvalue weighted by atomic mass is 10.1. The molecule has 0 aliphatic carbocycles. The van der Waals surface area contributed by atoms with Gasteiger partial charge in [-0.1, -0.05) is 24.3 Å². The molecule has 0 saturated carbocycles. The number of carbonyl (C=O) groups is 3. The van der Waals surface area contributed by atoms with Gasteiger partial charge < -0.3 is 19.7 Å². The number of hydrogen-bond donors (Lipinski definition) is 1. The predicted octanol–water partition coefficient (Wildman–Crippen LogP) is 2.62. The van der Waals surface area contributed by atoms with Gasteiger partial charge >= 0.3 is 5.97 Å². The van der Waals surface area contributed by atoms with Crippen LogP contribution in [-0.4, -0.2) is 37.5 Å². The van der Waals surface area contributed by atoms with Gasteiger partial charge in [0.2, 0.25) is 5.91 Å². The van der Waals surface area contributed by atoms with Gasteiger partial charge in [0, 0.05) is 12.5 Å². The quantitative estimate of drug-likeness (QED) is 0.839. The van der Waals surface area contributed by atoms with Crippen LogP contribution in [0.3, 0.4) is 0 Å². The third kappa shape index (κ3) is 3.92. The maximum Gasteiger partial charge on any atom is 0.341 e. The number of rotatable bonds is 4. The van der Waals surface area contributed by atoms with E-state index in [-0.39, 0.29) is 42.2 Å². The molecule has 0 unspecified atom stereocenters. The summed E-state index contributed by atoms with van der Waals surface area (Å²) < 4.78 is 10.3. The summed E-state index contributed by atoms with van der Waals surface area (Å²) in [4.78, 5) is 38.3. The molecule has 3 rings (SSSR count). The zero-order chi connectivity index (χ0) is 19.4. The van der Waals surface area contributed by atoms with Crippen molar-refractivity contribution in [3.63, 3.8) is 0 Å². The zero-order valence-corrected chi connectivity index (χ0v) is 15.1. The Morgan fingerprint density at radius 2 is 1.85 bits per heavy atom. The van der Waals surface area contributed by atoms with Gasteiger partial charge in [0.1, 0.15) is 11.3 Å². The Morgan fingerprint density at radius 3 is 2.63 bits per heavy atom. The van der Waals surface area contributed by atoms with E-state index >= 15 is 0 Å². The minimum atomic E-state index is -0.540. The topological polar surface area (TPSA) is 84.9 Å². The van der Waals surface area contributed by atoms with Crippen LogP contribution in [0.5, 0.6) is 5.75 Å². The Hall–Kier alpha value is -3.35. The van der Waals surface area contributed by atoms with Crippen molar-refractivity contribution in [2.75, 3.05) is 23.9 Å². The van der Waals surface area contributed by atoms with Crippen LogP contribution in [-0.2, 0) is 14.3 Å². The molecule has 0 bridgehead atoms. The average Bonchev–Trinajstić information content (AvgIpc) is 2.79. The van der Waals surface area contributed by atoms with Crippen molar-refractivity contribution in [1.29, 1.82) is 0 Å². The zero-order valence-electron chi connectivity index (χ0n) is 15.1. The van der Waals surface area contributed by atoms with Crippen molar-refractivity contribution in [2.45, 2.75) is 19.4 Å². The van der Waals surface area contributed by atoms with Gasteiger partial charge in [0.05, 0.1) is 18.5 Å². The molecular weight excluding hydrogens is 348 g/mol. The highest BCUT2D eigenvalue weighted by atomic mass is 16.5. The molecule has 0 fully saturated rings. The molecule has 1 N–H and O–H groups in total. The monoisotopic (exact) mass is 368 g/mol. The highest BCUT2D eigenvalue weighted by Crippen LogP contribution is 2.31. The Morgan fingerprint density at radius 1 is 1.15 bits per heavy atom. The molecule has 0 spiro atoms. The van der Waals surface area contributed by atoms with Gasteiger partial charge in [-0.25, -0.2) is 4.79 Å². The minimum absolute atomic E-state index is 0.151. The smallest absolute Gasteiger partial charge is 0.341 e. The maximum atomic E-state index is 12.9. The Kier molecular flexibility index (Phi) is 5.40. The number of methoxy groups -OCH3 is 1. The van der Waals surface area contributed by atoms with E-state index < -0.39 is 5.97 Å². The Bertz CT molecular complexity index is 880. The lowest BCUT2D eigenvalue weighted by Crippen LogP contribution is -2.41. The van der Waals surface area contributed by atoms with E-state index in [1.165, 1.54) is 7.11 Å². The predicted molar refractivity (Wildman–Crippen MR) is 99.9 cm³/mol. The van der Waals surface area contributed by atoms with Gasteiger partial charge in [-0.2, -0.15) is 0 Å². The van der Waals surface area contributed by atoms with E-state index in [2.05, 4.69) is 5.32 Å². The van der Waals surface area contributed by atoms with E-state index in [0.29, 0.717) is 11.4 Å². The lowest BCUT2D eigenvalue weighted by molar-refractivity contribution is -0.121. The number of anilines is 2. The van der Waals surface area contributed by atoms with Crippen molar-refractivity contribution in [3.05, 3.63) is 54.1 Å². The third-order valence-corrected chi connectivity index (χ3v) is 4.27. The molecule has 140 valence electrons. The standard InChI is InChI=1S/C20H20N2O5/c1-13-11-18(23)21-15-8-4-5-9-16(15)22(13)19(24)12-27-17-10-6-3-7-14(17)20(25)26-2/h3-10,13H,11-12H2,1-2H3,(H,21,23)/t13-/m1/s1. The molecule has 0 saturated heterocycles. The van der Waals surface area contributed by atoms with Crippen LogP contribution in [0.25, 0.3) is 0 Å². The number of benzene rings is 2. The van der Waals surface area contributed by atoms with Crippen LogP contribution in [0.4, 0.5) is 11.4 Å². The van der Waals surface area contributed by atoms with Gasteiger partial charge in [0.15, 0.2) is 6.61 Å². The van der Waals surface area contributed by atoms with E-state index in [1.54, 1.807) is 53.4 Å². The number of hydrogen-bond acceptors (Lipinski definition) is 5. The molecule has 27 heavy (non-hydrogen) atoms. The van der Waals surface area contributed by atoms with E-state index in [4.69, 9.17) is 9.47 Å². The fraction of sp³-hybridized carbons (Fsp3) is 0.250. The number of nitrogens with one attached hydrogen (secondary N) is 1. The van der Waals surface area contributed by atoms with Crippen LogP contribution in [0, 0.1) is 0 Å². The van der Waals surface area contributed by atoms with Crippen molar-refractivity contribution in [3.8, 4) is 5.75 Å². The van der Waals surface area contributed by atoms with Gasteiger partial charge in [-0.3, -0.25) is 9.59 Å². The second-order valence-corrected chi connectivity index (χ2v) is 6.16. The van der Waals surface area contributed by atoms with Crippen molar-refractivity contribution in [1.82, 2.24) is 0 Å². The first-order chi connectivity index (χ1) is 13.0. The van der Waals surface area contributed by atoms with Crippen LogP contribution >= 0.6 is 0 Å². The van der Waals surface area contributed by atoms with Crippen LogP contribution in [0.2, 0.25) is 0 Å². The first-order valence-electron chi connectivity index (χ1n) is 8.52. The van der Waals surface area contributed by atoms with Gasteiger partial charge in [-0.15, -0.1) is 0 Å². The minimum Gasteiger partial charge on any atom is -0.483 e. The van der Waals surface area contributed by atoms with Crippen molar-refractivity contribution >= 4 is 29.2 Å². The van der Waals surface area contributed by atoms with Crippen molar-refractivity contribution < 1.29 is 23.9 Å². The summed E-state index contributed by atoms with van der Waals surface area (Å²) in [5.41, 5.74) is 1.44. The fourth-order valence-corrected chi connectivity index (χ4v) is 3.05. The van der Waals surface area contributed by atoms with Crippen LogP contribution in [0.15, 0.2) is 48.5 Å². The molecule has 2 amide bonds. The summed E-state index contributed by atoms with van der Waals surface area (Å²) in [5.74, 6) is -0.739. The summed E-state index contributed by atoms with van der Waals surface area (Å²) in [6.45, 7) is 1.53. The van der Waals surface area contributed by atoms with E-state index in [9.17, 15) is 14.4 Å². The molecule has 1 aliphatic rings. The summed E-state index contributed by atoms with van der Waals surface area (Å²) >= 11 is 0. The first-order valence-corrected chi connectivity index (χ1v) is 8.52. The Balaban J connectivity index is 1.82. The van der Waals surface area contributed by atoms with Crippen LogP contribution in [0.1, 0.15) is 23.7 Å². The molecule has 1 aliphatic heterocycles. The SMILES string of the molecule is COC(=O)c1ccccc1OCC(=O)N1c2ccccc2NC(=O)C[C@H]1C. The third-order valence-electron chi connectivity index (χ3n) is 4.27. The lowest BCUT2D eigenvalue weighted by Gasteiger charge is -2.27. The molecule has 7 heteroatoms. The molecule has 0 aromatic heterocycles. The second kappa shape index (κ2) is 7.90.